The third-order valence-electron chi connectivity index (χ3n) is 17.1. The molecule has 3 aliphatic heterocycles. The minimum Gasteiger partial charge on any atom is -0.444 e. The number of alkyl carbamates (subject to hydrolysis) is 1. The average molecular weight is 1270 g/mol. The summed E-state index contributed by atoms with van der Waals surface area (Å²) in [5.74, 6) is -1.64. The number of alkyl halides is 3. The zero-order chi connectivity index (χ0) is 65.4. The first-order chi connectivity index (χ1) is 41.3. The molecular weight excluding hydrogens is 1190 g/mol. The molecule has 5 aliphatic rings. The number of aromatic nitrogens is 6. The van der Waals surface area contributed by atoms with Gasteiger partial charge in [-0.05, 0) is 176 Å². The molecule has 0 unspecified atom stereocenters. The fraction of sp³-hybridized carbons (Fsp3) is 0.574. The third-order valence-corrected chi connectivity index (χ3v) is 18.0. The number of halogens is 5. The molecule has 0 radical (unpaired) electrons. The molecule has 484 valence electrons. The van der Waals surface area contributed by atoms with Crippen LogP contribution in [0.1, 0.15) is 145 Å². The largest absolute Gasteiger partial charge is 0.534 e. The molecule has 4 aromatic heterocycles. The number of nitrogens with one attached hydrogen (secondary N) is 2. The zero-order valence-corrected chi connectivity index (χ0v) is 53.5. The van der Waals surface area contributed by atoms with Crippen molar-refractivity contribution < 1.29 is 62.9 Å². The van der Waals surface area contributed by atoms with Gasteiger partial charge in [-0.15, -0.1) is 0 Å². The van der Waals surface area contributed by atoms with Gasteiger partial charge < -0.3 is 53.0 Å². The first-order valence-corrected chi connectivity index (χ1v) is 31.3. The van der Waals surface area contributed by atoms with Crippen LogP contribution in [0, 0.1) is 37.3 Å². The molecule has 3 saturated heterocycles. The summed E-state index contributed by atoms with van der Waals surface area (Å²) < 4.78 is 125. The third kappa shape index (κ3) is 14.3. The Morgan fingerprint density at radius 3 is 1.75 bits per heavy atom. The lowest BCUT2D eigenvalue weighted by atomic mass is 9.82. The number of nitrogens with two attached hydrogens (primary N) is 1. The number of aryl methyl sites for hydroxylation is 2. The van der Waals surface area contributed by atoms with Crippen molar-refractivity contribution in [3.05, 3.63) is 92.5 Å². The molecule has 89 heavy (non-hydrogen) atoms. The Morgan fingerprint density at radius 2 is 1.27 bits per heavy atom. The number of anilines is 2. The monoisotopic (exact) mass is 1270 g/mol. The second kappa shape index (κ2) is 24.3. The molecule has 7 heterocycles. The highest BCUT2D eigenvalue weighted by atomic mass is 32.2. The van der Waals surface area contributed by atoms with E-state index in [1.807, 2.05) is 73.8 Å². The van der Waals surface area contributed by atoms with Gasteiger partial charge in [-0.3, -0.25) is 14.7 Å². The predicted molar refractivity (Wildman–Crippen MR) is 328 cm³/mol. The Hall–Kier alpha value is -7.04. The minimum atomic E-state index is -6.09. The van der Waals surface area contributed by atoms with Gasteiger partial charge in [0.1, 0.15) is 22.8 Å². The number of pyridine rings is 2. The summed E-state index contributed by atoms with van der Waals surface area (Å²) in [5.41, 5.74) is 2.55. The molecule has 0 bridgehead atoms. The van der Waals surface area contributed by atoms with E-state index in [0.29, 0.717) is 55.5 Å². The summed E-state index contributed by atoms with van der Waals surface area (Å²) in [6, 6.07) is 4.52. The molecule has 2 aromatic carbocycles. The number of H-pyrrole nitrogens is 1. The second-order valence-electron chi connectivity index (χ2n) is 26.9. The highest BCUT2D eigenvalue weighted by Crippen LogP contribution is 2.45. The van der Waals surface area contributed by atoms with Gasteiger partial charge in [-0.1, -0.05) is 0 Å². The summed E-state index contributed by atoms with van der Waals surface area (Å²) in [7, 11) is -6.63. The van der Waals surface area contributed by atoms with Crippen LogP contribution in [-0.2, 0) is 28.9 Å². The van der Waals surface area contributed by atoms with Crippen LogP contribution >= 0.6 is 0 Å². The second-order valence-corrected chi connectivity index (χ2v) is 28.5. The van der Waals surface area contributed by atoms with E-state index < -0.39 is 74.5 Å². The lowest BCUT2D eigenvalue weighted by molar-refractivity contribution is -0.0499. The van der Waals surface area contributed by atoms with Crippen molar-refractivity contribution in [2.24, 2.45) is 17.6 Å². The maximum Gasteiger partial charge on any atom is 0.534 e. The van der Waals surface area contributed by atoms with Gasteiger partial charge in [0.05, 0.1) is 39.8 Å². The fourth-order valence-electron chi connectivity index (χ4n) is 11.6. The molecule has 5 fully saturated rings. The molecule has 28 heteroatoms. The van der Waals surface area contributed by atoms with E-state index >= 15 is 8.78 Å². The van der Waals surface area contributed by atoms with Crippen LogP contribution in [0.3, 0.4) is 0 Å². The van der Waals surface area contributed by atoms with Crippen LogP contribution in [-0.4, -0.2) is 123 Å². The van der Waals surface area contributed by atoms with Gasteiger partial charge in [0.2, 0.25) is 0 Å². The molecule has 11 rings (SSSR count). The van der Waals surface area contributed by atoms with E-state index in [4.69, 9.17) is 24.5 Å². The van der Waals surface area contributed by atoms with Crippen molar-refractivity contribution in [3.63, 3.8) is 0 Å². The molecule has 6 aromatic rings. The van der Waals surface area contributed by atoms with E-state index in [1.165, 1.54) is 11.5 Å². The number of benzene rings is 2. The smallest absolute Gasteiger partial charge is 0.444 e. The van der Waals surface area contributed by atoms with Crippen LogP contribution in [0.15, 0.2) is 58.6 Å². The summed E-state index contributed by atoms with van der Waals surface area (Å²) in [4.78, 5) is 54.0. The first-order valence-electron chi connectivity index (χ1n) is 29.9. The normalized spacial score (nSPS) is 20.0. The van der Waals surface area contributed by atoms with Crippen LogP contribution in [0.25, 0.3) is 32.9 Å². The van der Waals surface area contributed by atoms with Crippen molar-refractivity contribution in [2.45, 2.75) is 188 Å². The number of amides is 1. The van der Waals surface area contributed by atoms with Crippen molar-refractivity contribution in [1.82, 2.24) is 34.4 Å². The van der Waals surface area contributed by atoms with E-state index in [-0.39, 0.29) is 63.6 Å². The number of nitrogens with zero attached hydrogens (tertiary/aromatic N) is 7. The lowest BCUT2D eigenvalue weighted by Gasteiger charge is -2.32. The van der Waals surface area contributed by atoms with Gasteiger partial charge in [0, 0.05) is 103 Å². The summed E-state index contributed by atoms with van der Waals surface area (Å²) in [6.07, 6.45) is 10.3. The molecule has 4 N–H and O–H groups in total. The number of hydrogen-bond acceptors (Lipinski definition) is 16. The number of carbonyl (C=O) groups excluding carboxylic acids is 2. The van der Waals surface area contributed by atoms with E-state index in [2.05, 4.69) is 29.7 Å². The highest BCUT2D eigenvalue weighted by Gasteiger charge is 2.53. The number of carbonyl (C=O) groups is 2. The molecule has 21 nitrogen and oxygen atoms in total. The van der Waals surface area contributed by atoms with Crippen LogP contribution < -0.4 is 41.6 Å². The van der Waals surface area contributed by atoms with E-state index in [9.17, 15) is 40.8 Å². The molecule has 2 aliphatic carbocycles. The predicted octanol–water partition coefficient (Wildman–Crippen LogP) is 10.1. The number of rotatable bonds is 11. The summed E-state index contributed by atoms with van der Waals surface area (Å²) in [6.45, 7) is 28.2. The Morgan fingerprint density at radius 1 is 0.764 bits per heavy atom. The van der Waals surface area contributed by atoms with Crippen LogP contribution in [0.5, 0.6) is 5.75 Å². The van der Waals surface area contributed by atoms with Crippen molar-refractivity contribution >= 4 is 68.1 Å². The van der Waals surface area contributed by atoms with Crippen molar-refractivity contribution in [1.29, 1.82) is 0 Å². The van der Waals surface area contributed by atoms with Gasteiger partial charge in [0.25, 0.3) is 11.1 Å². The number of fused-ring (bicyclic) bond motifs is 2. The molecular formula is C61H80BF5N10O11S. The SMILES string of the molecule is CC(C)(C)OC(=O)n1cc(B2OC(C)(C)C(C)(C)O2)cn1.Cc1c(N2CC[C@@H]([C@H](C)N)C2)c(F)cc2c(-c3cn[nH]c3)cc(=O)n(C3CC3)c12.Cc1c(N2CC[C@@H]([C@H](C)NC(=O)OC(C)(C)C)C2)c(F)cc2c(OS(=O)(=O)C(F)(F)F)cc(=O)n(C3CC3)c12. The summed E-state index contributed by atoms with van der Waals surface area (Å²) in [5, 5.41) is 14.1. The molecule has 4 atom stereocenters. The number of ether oxygens (including phenoxy) is 2. The van der Waals surface area contributed by atoms with Gasteiger partial charge in [-0.2, -0.15) is 36.5 Å². The Balaban J connectivity index is 0.000000166. The Labute approximate surface area is 513 Å². The Bertz CT molecular complexity index is 3890. The van der Waals surface area contributed by atoms with Crippen LogP contribution in [0.4, 0.5) is 42.9 Å². The van der Waals surface area contributed by atoms with Crippen LogP contribution in [0.2, 0.25) is 0 Å². The quantitative estimate of drug-likeness (QED) is 0.0472. The topological polar surface area (TPSA) is 249 Å². The molecule has 0 spiro atoms. The molecule has 2 saturated carbocycles. The highest BCUT2D eigenvalue weighted by molar-refractivity contribution is 7.88. The Kier molecular flexibility index (Phi) is 18.1. The maximum absolute atomic E-state index is 15.6. The standard InChI is InChI=1S/C25H31F4N3O6S.C22H26FN5O.C14H23BN2O4/c1-13-21-17(19(38-39(35,36)25(27,28)29)11-20(33)32(21)16-6-7-16)10-18(26)22(13)31-9-8-15(12-31)14(2)30-23(34)37-24(3,4)5;1-12-21-18(7-19(23)22(12)27-6-5-14(11-27)13(2)24)17(15-9-25-26-10-15)8-20(29)28(21)16-3-4-16;1-12(2,3)19-11(18)17-9-10(8-16-17)15-20-13(4,5)14(6,7)21-15/h10-11,14-16H,6-9,12H2,1-5H3,(H,30,34);7-10,13-14,16H,3-6,11,24H2,1-2H3,(H,25,26);8-9H,1-7H3/t14-,15+;13-,14+;/m00./s1. The fourth-order valence-corrected chi connectivity index (χ4v) is 12.1. The molecule has 1 amide bonds. The van der Waals surface area contributed by atoms with Crippen molar-refractivity contribution in [3.8, 4) is 16.9 Å². The average Bonchev–Trinajstić information content (AvgIpc) is 1.74. The lowest BCUT2D eigenvalue weighted by Crippen LogP contribution is -2.42. The maximum atomic E-state index is 15.6. The zero-order valence-electron chi connectivity index (χ0n) is 52.7. The van der Waals surface area contributed by atoms with E-state index in [1.54, 1.807) is 62.6 Å². The first kappa shape index (κ1) is 66.4. The van der Waals surface area contributed by atoms with Gasteiger partial charge >= 0.3 is 34.9 Å². The summed E-state index contributed by atoms with van der Waals surface area (Å²) >= 11 is 0. The number of hydrogen-bond donors (Lipinski definition) is 3. The minimum absolute atomic E-state index is 0.0354. The van der Waals surface area contributed by atoms with Gasteiger partial charge in [-0.25, -0.2) is 18.4 Å². The number of aromatic amines is 1. The van der Waals surface area contributed by atoms with Crippen molar-refractivity contribution in [2.75, 3.05) is 36.0 Å². The van der Waals surface area contributed by atoms with E-state index in [0.717, 1.165) is 70.7 Å². The van der Waals surface area contributed by atoms with Gasteiger partial charge in [0.15, 0.2) is 5.75 Å².